The number of nitrogens with zero attached hydrogens (tertiary/aromatic N) is 8. The number of nitrogens with one attached hydrogen (secondary N) is 2. The summed E-state index contributed by atoms with van der Waals surface area (Å²) in [5.41, 5.74) is 5.75. The molecule has 3 aromatic heterocycles. The maximum Gasteiger partial charge on any atom is 0.406 e. The largest absolute Gasteiger partial charge is 0.464 e. The van der Waals surface area contributed by atoms with E-state index in [1.807, 2.05) is 30.2 Å². The van der Waals surface area contributed by atoms with Crippen LogP contribution in [0.3, 0.4) is 0 Å². The molecule has 6 fully saturated rings. The van der Waals surface area contributed by atoms with Crippen LogP contribution in [0.4, 0.5) is 13.2 Å². The van der Waals surface area contributed by atoms with Crippen LogP contribution in [0.15, 0.2) is 41.9 Å². The fourth-order valence-corrected chi connectivity index (χ4v) is 14.5. The number of halogens is 3. The van der Waals surface area contributed by atoms with Gasteiger partial charge in [0.25, 0.3) is 5.91 Å². The minimum Gasteiger partial charge on any atom is -0.464 e. The van der Waals surface area contributed by atoms with Gasteiger partial charge in [0.2, 0.25) is 17.7 Å². The van der Waals surface area contributed by atoms with Crippen LogP contribution in [-0.4, -0.2) is 172 Å². The molecule has 426 valence electrons. The minimum absolute atomic E-state index is 0.00237. The highest BCUT2D eigenvalue weighted by molar-refractivity contribution is 7.10. The first-order valence-corrected chi connectivity index (χ1v) is 29.3. The van der Waals surface area contributed by atoms with Crippen LogP contribution in [-0.2, 0) is 52.8 Å². The highest BCUT2D eigenvalue weighted by Gasteiger charge is 2.61. The number of thiazole rings is 1. The van der Waals surface area contributed by atoms with Gasteiger partial charge in [0.1, 0.15) is 24.7 Å². The van der Waals surface area contributed by atoms with Crippen molar-refractivity contribution in [1.82, 2.24) is 49.9 Å². The summed E-state index contributed by atoms with van der Waals surface area (Å²) in [7, 11) is 5.02. The molecule has 2 aliphatic carbocycles. The SMILES string of the molecule is CO[C@@H](C)c1ncccc1-c1c2c3cc(ccc3n1CC(F)(F)F)-c1csc(n1)C[C@H](NC(=O)[C@H](C1CCCC1)N1CC[C@]3(CCN(C(=O)[C@H]4[C@@H](C5CC5)N4CC(=O)N(C)C)C3)C1)C(=O)N1CCC[C@H](N1)C(=O)OCC(C)(C)C2. The molecular formula is C58H75F3N10O7S. The lowest BCUT2D eigenvalue weighted by Crippen LogP contribution is -2.62. The van der Waals surface area contributed by atoms with Crippen molar-refractivity contribution in [3.63, 3.8) is 0 Å². The van der Waals surface area contributed by atoms with Crippen LogP contribution in [0, 0.1) is 22.7 Å². The van der Waals surface area contributed by atoms with E-state index < -0.39 is 54.2 Å². The van der Waals surface area contributed by atoms with Crippen LogP contribution in [0.1, 0.15) is 107 Å². The second-order valence-corrected chi connectivity index (χ2v) is 25.6. The summed E-state index contributed by atoms with van der Waals surface area (Å²) in [5.74, 6) is -0.555. The van der Waals surface area contributed by atoms with Crippen LogP contribution < -0.4 is 10.7 Å². The van der Waals surface area contributed by atoms with Gasteiger partial charge in [0.15, 0.2) is 0 Å². The number of hydrogen-bond donors (Lipinski definition) is 2. The normalized spacial score (nSPS) is 27.5. The van der Waals surface area contributed by atoms with Gasteiger partial charge in [-0.15, -0.1) is 11.3 Å². The summed E-state index contributed by atoms with van der Waals surface area (Å²) in [5, 5.41) is 7.73. The van der Waals surface area contributed by atoms with E-state index in [9.17, 15) is 27.6 Å². The van der Waals surface area contributed by atoms with Crippen molar-refractivity contribution in [3.05, 3.63) is 58.2 Å². The third kappa shape index (κ3) is 11.4. The third-order valence-electron chi connectivity index (χ3n) is 18.1. The monoisotopic (exact) mass is 1110 g/mol. The number of alkyl halides is 3. The van der Waals surface area contributed by atoms with E-state index in [1.165, 1.54) is 28.0 Å². The number of likely N-dealkylation sites (tertiary alicyclic amines) is 2. The van der Waals surface area contributed by atoms with Crippen molar-refractivity contribution in [3.8, 4) is 22.5 Å². The van der Waals surface area contributed by atoms with Gasteiger partial charge in [-0.1, -0.05) is 32.8 Å². The standard InChI is InChI=1S/C58H75F3N10O7S/c1-34(77-6)47-38(13-9-21-62-47)50-40-27-56(2,3)33-78-55(76)41-14-10-22-71(65-41)53(74)42(26-45-63-43(29-79-45)37-17-18-44(39(40)25-37)70(50)32-58(59,60)61)64-52(73)49(35-11-7-8-12-35)67-23-19-57(30-67)20-24-68(31-57)54(75)51-48(36-15-16-36)69(51)28-46(72)66(4)5/h9,13,17-18,21,25,29,34-36,41-42,48-49,51,65H,7-8,10-12,14-16,19-20,22-24,26-28,30-33H2,1-6H3,(H,64,73)/t34-,41-,42-,48+,49-,51+,57-,69?/m0/s1. The number of carbonyl (C=O) groups excluding carboxylic acids is 5. The Hall–Kier alpha value is -5.48. The zero-order valence-corrected chi connectivity index (χ0v) is 47.1. The number of esters is 1. The lowest BCUT2D eigenvalue weighted by atomic mass is 9.84. The molecule has 17 nitrogen and oxygen atoms in total. The van der Waals surface area contributed by atoms with Crippen molar-refractivity contribution in [2.75, 3.05) is 67.1 Å². The maximum absolute atomic E-state index is 15.2. The van der Waals surface area contributed by atoms with Gasteiger partial charge < -0.3 is 29.2 Å². The molecule has 79 heavy (non-hydrogen) atoms. The lowest BCUT2D eigenvalue weighted by Gasteiger charge is -2.37. The molecule has 1 aromatic carbocycles. The number of benzene rings is 1. The zero-order valence-electron chi connectivity index (χ0n) is 46.3. The number of likely N-dealkylation sites (N-methyl/N-ethyl adjacent to an activating group) is 1. The van der Waals surface area contributed by atoms with E-state index in [-0.39, 0.29) is 67.1 Å². The number of aromatic nitrogens is 3. The smallest absolute Gasteiger partial charge is 0.406 e. The van der Waals surface area contributed by atoms with Gasteiger partial charge in [-0.25, -0.2) is 10.4 Å². The second kappa shape index (κ2) is 21.8. The first kappa shape index (κ1) is 55.4. The van der Waals surface area contributed by atoms with Crippen molar-refractivity contribution in [2.45, 2.75) is 147 Å². The molecule has 6 bridgehead atoms. The van der Waals surface area contributed by atoms with E-state index in [0.717, 1.165) is 51.4 Å². The lowest BCUT2D eigenvalue weighted by molar-refractivity contribution is -0.155. The predicted molar refractivity (Wildman–Crippen MR) is 291 cm³/mol. The number of cyclic esters (lactones) is 1. The molecule has 4 amide bonds. The first-order chi connectivity index (χ1) is 37.7. The van der Waals surface area contributed by atoms with Gasteiger partial charge in [-0.3, -0.25) is 43.8 Å². The number of hydrazine groups is 1. The molecular weight excluding hydrogens is 1040 g/mol. The summed E-state index contributed by atoms with van der Waals surface area (Å²) in [6.07, 6.45) is 5.23. The molecule has 2 N–H and O–H groups in total. The number of carbonyl (C=O) groups is 5. The minimum atomic E-state index is -4.58. The number of amides is 4. The second-order valence-electron chi connectivity index (χ2n) is 24.7. The van der Waals surface area contributed by atoms with Gasteiger partial charge in [-0.2, -0.15) is 13.2 Å². The van der Waals surface area contributed by atoms with Crippen molar-refractivity contribution in [2.24, 2.45) is 22.7 Å². The Morgan fingerprint density at radius 3 is 2.52 bits per heavy atom. The van der Waals surface area contributed by atoms with E-state index in [2.05, 4.69) is 25.5 Å². The zero-order chi connectivity index (χ0) is 55.7. The van der Waals surface area contributed by atoms with Gasteiger partial charge in [0.05, 0.1) is 47.4 Å². The molecule has 8 heterocycles. The van der Waals surface area contributed by atoms with E-state index in [1.54, 1.807) is 56.4 Å². The van der Waals surface area contributed by atoms with Crippen molar-refractivity contribution >= 4 is 51.8 Å². The summed E-state index contributed by atoms with van der Waals surface area (Å²) < 4.78 is 57.4. The molecule has 2 saturated carbocycles. The van der Waals surface area contributed by atoms with Crippen LogP contribution in [0.25, 0.3) is 33.4 Å². The average molecular weight is 1110 g/mol. The molecule has 5 aliphatic heterocycles. The fourth-order valence-electron chi connectivity index (χ4n) is 13.7. The Balaban J connectivity index is 0.895. The van der Waals surface area contributed by atoms with Gasteiger partial charge in [-0.05, 0) is 113 Å². The Morgan fingerprint density at radius 2 is 1.78 bits per heavy atom. The highest BCUT2D eigenvalue weighted by atomic mass is 32.1. The number of pyridine rings is 1. The van der Waals surface area contributed by atoms with Crippen LogP contribution in [0.2, 0.25) is 0 Å². The molecule has 4 saturated heterocycles. The van der Waals surface area contributed by atoms with Crippen molar-refractivity contribution < 1.29 is 46.6 Å². The Bertz CT molecular complexity index is 2990. The summed E-state index contributed by atoms with van der Waals surface area (Å²) in [6, 6.07) is 6.23. The summed E-state index contributed by atoms with van der Waals surface area (Å²) in [4.78, 5) is 89.0. The average Bonchev–Trinajstić information content (AvgIpc) is 4.15. The number of methoxy groups -OCH3 is 1. The highest BCUT2D eigenvalue weighted by Crippen LogP contribution is 2.50. The first-order valence-electron chi connectivity index (χ1n) is 28.4. The molecule has 7 aliphatic rings. The van der Waals surface area contributed by atoms with Gasteiger partial charge in [0, 0.05) is 104 Å². The molecule has 8 atom stereocenters. The Morgan fingerprint density at radius 1 is 1.01 bits per heavy atom. The molecule has 4 aromatic rings. The molecule has 11 rings (SSSR count). The Labute approximate surface area is 463 Å². The Kier molecular flexibility index (Phi) is 15.3. The van der Waals surface area contributed by atoms with E-state index >= 15 is 9.59 Å². The number of rotatable bonds is 12. The summed E-state index contributed by atoms with van der Waals surface area (Å²) in [6.45, 7) is 7.42. The molecule has 1 spiro atoms. The molecule has 0 radical (unpaired) electrons. The van der Waals surface area contributed by atoms with Crippen molar-refractivity contribution in [1.29, 1.82) is 0 Å². The maximum atomic E-state index is 15.2. The number of ether oxygens (including phenoxy) is 2. The number of fused-ring (bicyclic) bond motifs is 6. The molecule has 21 heteroatoms. The van der Waals surface area contributed by atoms with E-state index in [4.69, 9.17) is 14.5 Å². The fraction of sp³-hybridized carbons (Fsp3) is 0.638. The predicted octanol–water partition coefficient (Wildman–Crippen LogP) is 6.78. The quantitative estimate of drug-likeness (QED) is 0.113. The number of hydrogen-bond acceptors (Lipinski definition) is 13. The van der Waals surface area contributed by atoms with Crippen LogP contribution in [0.5, 0.6) is 0 Å². The van der Waals surface area contributed by atoms with Gasteiger partial charge >= 0.3 is 12.1 Å². The van der Waals surface area contributed by atoms with E-state index in [0.29, 0.717) is 101 Å². The molecule has 1 unspecified atom stereocenters. The third-order valence-corrected chi connectivity index (χ3v) is 18.9. The summed E-state index contributed by atoms with van der Waals surface area (Å²) >= 11 is 1.34. The van der Waals surface area contributed by atoms with Crippen LogP contribution >= 0.6 is 11.3 Å². The topological polar surface area (TPSA) is 175 Å².